The molecule has 37 heavy (non-hydrogen) atoms. The molecule has 0 unspecified atom stereocenters. The lowest BCUT2D eigenvalue weighted by molar-refractivity contribution is -0.121. The zero-order valence-electron chi connectivity index (χ0n) is 21.9. The number of unbranched alkanes of at least 4 members (excludes halogenated alkanes) is 12. The molecule has 0 saturated heterocycles. The van der Waals surface area contributed by atoms with Crippen molar-refractivity contribution in [3.05, 3.63) is 63.1 Å². The summed E-state index contributed by atoms with van der Waals surface area (Å²) < 4.78 is 6.33. The van der Waals surface area contributed by atoms with Crippen LogP contribution in [-0.4, -0.2) is 18.1 Å². The Balaban J connectivity index is 1.63. The zero-order valence-corrected chi connectivity index (χ0v) is 24.3. The molecule has 0 saturated carbocycles. The van der Waals surface area contributed by atoms with Crippen LogP contribution in [-0.2, 0) is 4.79 Å². The van der Waals surface area contributed by atoms with Gasteiger partial charge in [-0.3, -0.25) is 4.79 Å². The van der Waals surface area contributed by atoms with Crippen molar-refractivity contribution in [3.63, 3.8) is 0 Å². The van der Waals surface area contributed by atoms with E-state index in [4.69, 9.17) is 16.3 Å². The summed E-state index contributed by atoms with van der Waals surface area (Å²) in [5, 5.41) is 4.61. The first kappa shape index (κ1) is 31.0. The van der Waals surface area contributed by atoms with E-state index in [2.05, 4.69) is 33.4 Å². The van der Waals surface area contributed by atoms with Gasteiger partial charge in [-0.05, 0) is 48.9 Å². The number of rotatable bonds is 18. The molecule has 202 valence electrons. The van der Waals surface area contributed by atoms with Crippen molar-refractivity contribution in [2.45, 2.75) is 96.8 Å². The lowest BCUT2D eigenvalue weighted by atomic mass is 10.0. The number of nitrogens with one attached hydrogen (secondary N) is 1. The van der Waals surface area contributed by atoms with Crippen LogP contribution in [0.2, 0.25) is 5.02 Å². The predicted molar refractivity (Wildman–Crippen MR) is 157 cm³/mol. The number of ether oxygens (including phenoxy) is 1. The van der Waals surface area contributed by atoms with Crippen LogP contribution in [0.4, 0.5) is 0 Å². The Morgan fingerprint density at radius 3 is 2.03 bits per heavy atom. The normalized spacial score (nSPS) is 11.1. The molecule has 0 radical (unpaired) electrons. The van der Waals surface area contributed by atoms with Gasteiger partial charge in [-0.2, -0.15) is 5.10 Å². The lowest BCUT2D eigenvalue weighted by Gasteiger charge is -2.08. The Bertz CT molecular complexity index is 979. The van der Waals surface area contributed by atoms with Gasteiger partial charge in [0, 0.05) is 21.5 Å². The Hall–Kier alpha value is -2.18. The third-order valence-electron chi connectivity index (χ3n) is 6.15. The van der Waals surface area contributed by atoms with Crippen molar-refractivity contribution < 1.29 is 14.3 Å². The zero-order chi connectivity index (χ0) is 26.7. The van der Waals surface area contributed by atoms with Gasteiger partial charge in [0.25, 0.3) is 0 Å². The van der Waals surface area contributed by atoms with Crippen LogP contribution >= 0.6 is 27.5 Å². The first-order valence-electron chi connectivity index (χ1n) is 13.6. The van der Waals surface area contributed by atoms with Gasteiger partial charge in [0.2, 0.25) is 5.91 Å². The van der Waals surface area contributed by atoms with E-state index in [1.165, 1.54) is 76.8 Å². The molecule has 2 aromatic rings. The lowest BCUT2D eigenvalue weighted by Crippen LogP contribution is -2.17. The fourth-order valence-electron chi connectivity index (χ4n) is 3.99. The van der Waals surface area contributed by atoms with Crippen LogP contribution in [0.1, 0.15) is 113 Å². The molecule has 0 aliphatic carbocycles. The highest BCUT2D eigenvalue weighted by molar-refractivity contribution is 9.10. The predicted octanol–water partition coefficient (Wildman–Crippen LogP) is 9.25. The molecule has 0 fully saturated rings. The average Bonchev–Trinajstić information content (AvgIpc) is 2.88. The van der Waals surface area contributed by atoms with Crippen molar-refractivity contribution in [3.8, 4) is 5.75 Å². The second-order valence-corrected chi connectivity index (χ2v) is 10.7. The van der Waals surface area contributed by atoms with Crippen molar-refractivity contribution in [1.29, 1.82) is 0 Å². The number of halogens is 2. The minimum atomic E-state index is -0.500. The van der Waals surface area contributed by atoms with Crippen LogP contribution < -0.4 is 10.2 Å². The Morgan fingerprint density at radius 1 is 0.865 bits per heavy atom. The summed E-state index contributed by atoms with van der Waals surface area (Å²) in [5.74, 6) is -0.272. The molecule has 1 amide bonds. The molecule has 0 aromatic heterocycles. The maximum absolute atomic E-state index is 12.5. The number of hydrazone groups is 1. The van der Waals surface area contributed by atoms with E-state index in [0.717, 1.165) is 17.3 Å². The molecular weight excluding hydrogens is 552 g/mol. The minimum absolute atomic E-state index is 0.117. The second kappa shape index (κ2) is 19.0. The summed E-state index contributed by atoms with van der Waals surface area (Å²) in [6.07, 6.45) is 18.5. The maximum atomic E-state index is 12.5. The Morgan fingerprint density at radius 2 is 1.43 bits per heavy atom. The number of benzene rings is 2. The fourth-order valence-corrected chi connectivity index (χ4v) is 4.50. The quantitative estimate of drug-likeness (QED) is 0.0617. The molecule has 5 nitrogen and oxygen atoms in total. The van der Waals surface area contributed by atoms with Crippen LogP contribution in [0, 0.1) is 0 Å². The summed E-state index contributed by atoms with van der Waals surface area (Å²) in [7, 11) is 0. The SMILES string of the molecule is CCCCCCCCCCCCCCCC(=O)NN=Cc1cc(Br)ccc1OC(=O)c1ccc(Cl)cc1. The molecule has 2 aromatic carbocycles. The van der Waals surface area contributed by atoms with Crippen LogP contribution in [0.5, 0.6) is 5.75 Å². The van der Waals surface area contributed by atoms with E-state index >= 15 is 0 Å². The van der Waals surface area contributed by atoms with Gasteiger partial charge in [-0.1, -0.05) is 112 Å². The summed E-state index contributed by atoms with van der Waals surface area (Å²) in [6, 6.07) is 11.7. The molecular formula is C30H40BrClN2O3. The second-order valence-electron chi connectivity index (χ2n) is 9.36. The highest BCUT2D eigenvalue weighted by Crippen LogP contribution is 2.23. The van der Waals surface area contributed by atoms with Gasteiger partial charge in [0.05, 0.1) is 11.8 Å². The number of carbonyl (C=O) groups is 2. The first-order chi connectivity index (χ1) is 18.0. The van der Waals surface area contributed by atoms with Crippen LogP contribution in [0.25, 0.3) is 0 Å². The minimum Gasteiger partial charge on any atom is -0.422 e. The molecule has 0 atom stereocenters. The van der Waals surface area contributed by atoms with E-state index in [-0.39, 0.29) is 5.91 Å². The first-order valence-corrected chi connectivity index (χ1v) is 14.8. The summed E-state index contributed by atoms with van der Waals surface area (Å²) in [4.78, 5) is 24.6. The van der Waals surface area contributed by atoms with Gasteiger partial charge in [0.15, 0.2) is 0 Å². The molecule has 1 N–H and O–H groups in total. The number of hydrogen-bond donors (Lipinski definition) is 1. The van der Waals surface area contributed by atoms with E-state index in [1.54, 1.807) is 42.5 Å². The Kier molecular flexibility index (Phi) is 15.9. The van der Waals surface area contributed by atoms with Crippen LogP contribution in [0.15, 0.2) is 52.0 Å². The molecule has 2 rings (SSSR count). The Labute approximate surface area is 235 Å². The number of amides is 1. The molecule has 7 heteroatoms. The molecule has 0 aliphatic heterocycles. The monoisotopic (exact) mass is 590 g/mol. The molecule has 0 spiro atoms. The number of esters is 1. The summed E-state index contributed by atoms with van der Waals surface area (Å²) >= 11 is 9.30. The molecule has 0 bridgehead atoms. The number of carbonyl (C=O) groups excluding carboxylic acids is 2. The van der Waals surface area contributed by atoms with Gasteiger partial charge in [-0.25, -0.2) is 10.2 Å². The maximum Gasteiger partial charge on any atom is 0.343 e. The highest BCUT2D eigenvalue weighted by Gasteiger charge is 2.12. The fraction of sp³-hybridized carbons (Fsp3) is 0.500. The van der Waals surface area contributed by atoms with E-state index < -0.39 is 5.97 Å². The standard InChI is InChI=1S/C30H40BrClN2O3/c1-2-3-4-5-6-7-8-9-10-11-12-13-14-15-29(35)34-33-23-25-22-26(31)18-21-28(25)37-30(36)24-16-19-27(32)20-17-24/h16-23H,2-15H2,1H3,(H,34,35). The van der Waals surface area contributed by atoms with E-state index in [9.17, 15) is 9.59 Å². The van der Waals surface area contributed by atoms with Gasteiger partial charge < -0.3 is 4.74 Å². The van der Waals surface area contributed by atoms with E-state index in [1.807, 2.05) is 0 Å². The van der Waals surface area contributed by atoms with Crippen molar-refractivity contribution in [2.75, 3.05) is 0 Å². The average molecular weight is 592 g/mol. The van der Waals surface area contributed by atoms with E-state index in [0.29, 0.717) is 28.3 Å². The smallest absolute Gasteiger partial charge is 0.343 e. The van der Waals surface area contributed by atoms with Gasteiger partial charge in [0.1, 0.15) is 5.75 Å². The third-order valence-corrected chi connectivity index (χ3v) is 6.90. The third kappa shape index (κ3) is 13.8. The summed E-state index contributed by atoms with van der Waals surface area (Å²) in [6.45, 7) is 2.26. The molecule has 0 aliphatic rings. The van der Waals surface area contributed by atoms with Crippen molar-refractivity contribution >= 4 is 45.6 Å². The number of hydrogen-bond acceptors (Lipinski definition) is 4. The largest absolute Gasteiger partial charge is 0.422 e. The van der Waals surface area contributed by atoms with Gasteiger partial charge >= 0.3 is 5.97 Å². The van der Waals surface area contributed by atoms with Crippen molar-refractivity contribution in [2.24, 2.45) is 5.10 Å². The topological polar surface area (TPSA) is 67.8 Å². The summed E-state index contributed by atoms with van der Waals surface area (Å²) in [5.41, 5.74) is 3.53. The van der Waals surface area contributed by atoms with Crippen LogP contribution in [0.3, 0.4) is 0 Å². The number of nitrogens with zero attached hydrogens (tertiary/aromatic N) is 1. The van der Waals surface area contributed by atoms with Gasteiger partial charge in [-0.15, -0.1) is 0 Å². The molecule has 0 heterocycles. The van der Waals surface area contributed by atoms with Crippen molar-refractivity contribution in [1.82, 2.24) is 5.43 Å². The highest BCUT2D eigenvalue weighted by atomic mass is 79.9.